The number of halogens is 3. The number of Topliss-reactive ketones (excluding diaryl/α,β-unsaturated/α-hetero) is 5. The number of amides is 4. The van der Waals surface area contributed by atoms with Crippen molar-refractivity contribution in [3.05, 3.63) is 215 Å². The van der Waals surface area contributed by atoms with Crippen molar-refractivity contribution < 1.29 is 75.6 Å². The summed E-state index contributed by atoms with van der Waals surface area (Å²) in [6.45, 7) is 10.1. The summed E-state index contributed by atoms with van der Waals surface area (Å²) in [6, 6.07) is 37.2. The average molecular weight is 1890 g/mol. The van der Waals surface area contributed by atoms with Crippen LogP contribution >= 0.6 is 34.0 Å². The van der Waals surface area contributed by atoms with E-state index < -0.39 is 36.0 Å². The Morgan fingerprint density at radius 3 is 1.03 bits per heavy atom. The lowest BCUT2D eigenvalue weighted by molar-refractivity contribution is -0.136. The first-order valence-electron chi connectivity index (χ1n) is 45.6. The van der Waals surface area contributed by atoms with E-state index in [1.807, 2.05) is 61.1 Å². The number of aliphatic imine (C=N–C) groups is 1. The van der Waals surface area contributed by atoms with E-state index in [0.717, 1.165) is 209 Å². The Labute approximate surface area is 790 Å². The molecule has 3 saturated heterocycles. The highest BCUT2D eigenvalue weighted by atomic mass is 32.1. The second-order valence-corrected chi connectivity index (χ2v) is 38.5. The molecule has 0 spiro atoms. The van der Waals surface area contributed by atoms with Gasteiger partial charge in [-0.3, -0.25) is 73.4 Å². The molecule has 12 heterocycles. The Bertz CT molecular complexity index is 6030. The topological polar surface area (TPSA) is 375 Å². The number of piperidine rings is 3. The van der Waals surface area contributed by atoms with Crippen molar-refractivity contribution in [3.8, 4) is 66.2 Å². The summed E-state index contributed by atoms with van der Waals surface area (Å²) in [6.07, 6.45) is 26.4. The number of fused-ring (bicyclic) bond motifs is 3. The Balaban J connectivity index is 0.000000149. The van der Waals surface area contributed by atoms with E-state index in [-0.39, 0.29) is 96.6 Å². The standard InChI is InChI=1S/C34H36FN5O4S.C33H34FN5O5S.C30H31FN4O2S.C4H5NO2/c1-21(41)18-38-34(43)39-25-9-12-40(13-10-25)20-24-4-6-28(37-19-24)32-17-29-33(45-32)31(8-11-36-29)44-30-7-5-23(16-27(30)35)15-26(42)14-22-2-3-22;34-25-15-21(14-24(40)13-20-1-2-20)4-6-28(25)44-29-7-10-35-27-16-30(45-32(27)29)26-5-3-22(17-36-26)19-39-11-8-23(9-12-39)38-33(43)37-18-31(41)42;31-24-15-20(14-23(36)13-19-1-2-19)4-6-27(24)37-28-7-10-33-26-16-29(38-30(26)28)25-5-3-21(17-34-25)18-35-11-8-22(32)9-12-35;1-4(7)2-5-3-6/h4-8,11,16-17,19,22,25H,2-3,9-10,12-15,18,20H2,1H3,(H2,38,39,43);3-7,10,15-17,20,23H,1-2,8-9,11-14,18-19H2,(H,41,42)(H2,37,38,43);3-7,10,15-17,19,22H,1-2,8-9,11-14,18,32H2;2H2,1H3. The normalized spacial score (nSPS) is 15.5. The number of urea groups is 2. The summed E-state index contributed by atoms with van der Waals surface area (Å²) in [7, 11) is 0. The number of isocyanates is 1. The Morgan fingerprint density at radius 1 is 0.422 bits per heavy atom. The summed E-state index contributed by atoms with van der Waals surface area (Å²) in [5.41, 5.74) is 16.1. The van der Waals surface area contributed by atoms with Crippen LogP contribution in [0.4, 0.5) is 22.8 Å². The molecule has 6 fully saturated rings. The highest BCUT2D eigenvalue weighted by molar-refractivity contribution is 7.23. The third-order valence-corrected chi connectivity index (χ3v) is 27.3. The van der Waals surface area contributed by atoms with Gasteiger partial charge in [-0.25, -0.2) is 27.6 Å². The number of pyridine rings is 6. The van der Waals surface area contributed by atoms with Gasteiger partial charge in [0.1, 0.15) is 53.5 Å². The van der Waals surface area contributed by atoms with Crippen LogP contribution in [-0.2, 0) is 72.5 Å². The van der Waals surface area contributed by atoms with E-state index in [2.05, 4.69) is 68.0 Å². The van der Waals surface area contributed by atoms with Crippen LogP contribution in [0.3, 0.4) is 0 Å². The predicted molar refractivity (Wildman–Crippen MR) is 510 cm³/mol. The molecule has 3 aliphatic carbocycles. The summed E-state index contributed by atoms with van der Waals surface area (Å²) < 4.78 is 65.2. The smallest absolute Gasteiger partial charge is 0.323 e. The lowest BCUT2D eigenvalue weighted by Gasteiger charge is -2.32. The Morgan fingerprint density at radius 2 is 0.748 bits per heavy atom. The lowest BCUT2D eigenvalue weighted by Crippen LogP contribution is -2.48. The second kappa shape index (κ2) is 46.4. The summed E-state index contributed by atoms with van der Waals surface area (Å²) in [4.78, 5) is 142. The third-order valence-electron chi connectivity index (χ3n) is 23.8. The molecule has 3 aliphatic heterocycles. The van der Waals surface area contributed by atoms with Crippen LogP contribution in [-0.4, -0.2) is 180 Å². The van der Waals surface area contributed by atoms with Gasteiger partial charge in [-0.2, -0.15) is 4.99 Å². The van der Waals surface area contributed by atoms with Crippen molar-refractivity contribution in [2.75, 3.05) is 58.9 Å². The van der Waals surface area contributed by atoms with Crippen molar-refractivity contribution >= 4 is 118 Å². The van der Waals surface area contributed by atoms with E-state index >= 15 is 0 Å². The van der Waals surface area contributed by atoms with E-state index in [0.29, 0.717) is 77.0 Å². The first kappa shape index (κ1) is 96.8. The average Bonchev–Trinajstić information content (AvgIpc) is 1.68. The van der Waals surface area contributed by atoms with Gasteiger partial charge < -0.3 is 46.3 Å². The monoisotopic (exact) mass is 1890 g/mol. The van der Waals surface area contributed by atoms with Gasteiger partial charge in [-0.1, -0.05) is 36.4 Å². The van der Waals surface area contributed by atoms with Crippen molar-refractivity contribution in [1.29, 1.82) is 0 Å². The molecule has 0 radical (unpaired) electrons. The molecule has 3 saturated carbocycles. The van der Waals surface area contributed by atoms with Gasteiger partial charge >= 0.3 is 18.0 Å². The lowest BCUT2D eigenvalue weighted by atomic mass is 10.0. The zero-order chi connectivity index (χ0) is 94.4. The molecule has 12 aromatic rings. The maximum absolute atomic E-state index is 15.0. The number of hydrogen-bond donors (Lipinski definition) is 6. The Kier molecular flexibility index (Phi) is 33.3. The molecule has 135 heavy (non-hydrogen) atoms. The number of rotatable bonds is 35. The van der Waals surface area contributed by atoms with Crippen molar-refractivity contribution in [3.63, 3.8) is 0 Å². The zero-order valence-corrected chi connectivity index (χ0v) is 77.5. The predicted octanol–water partition coefficient (Wildman–Crippen LogP) is 17.6. The molecule has 4 amide bonds. The number of aromatic nitrogens is 6. The SMILES string of the molecule is CC(=O)CN=C=O.CC(=O)CNC(=O)NC1CCN(Cc2ccc(-c3cc4nccc(Oc5ccc(CC(=O)CC6CC6)cc5F)c4s3)nc2)CC1.NC1CCN(Cc2ccc(-c3cc4nccc(Oc5ccc(CC(=O)CC6CC6)cc5F)c4s3)nc2)CC1.O=C(O)CNC(=O)NC1CCN(Cc2ccc(-c3cc4nccc(Oc5ccc(CC(=O)CC6CC6)cc5F)c4s3)nc2)CC1. The van der Waals surface area contributed by atoms with Crippen LogP contribution < -0.4 is 41.2 Å². The first-order valence-corrected chi connectivity index (χ1v) is 48.0. The van der Waals surface area contributed by atoms with Gasteiger partial charge in [0.25, 0.3) is 0 Å². The van der Waals surface area contributed by atoms with E-state index in [1.165, 1.54) is 77.7 Å². The van der Waals surface area contributed by atoms with Gasteiger partial charge in [0.2, 0.25) is 6.08 Å². The minimum atomic E-state index is -1.08. The molecule has 0 atom stereocenters. The molecule has 9 aromatic heterocycles. The second-order valence-electron chi connectivity index (χ2n) is 35.3. The summed E-state index contributed by atoms with van der Waals surface area (Å²) in [5, 5.41) is 19.4. The number of carboxylic acid groups (broad SMARTS) is 1. The fourth-order valence-electron chi connectivity index (χ4n) is 16.1. The van der Waals surface area contributed by atoms with Gasteiger partial charge in [0.15, 0.2) is 40.5 Å². The molecule has 3 aromatic carbocycles. The van der Waals surface area contributed by atoms with Crippen molar-refractivity contribution in [1.82, 2.24) is 65.9 Å². The van der Waals surface area contributed by atoms with Crippen LogP contribution in [0.25, 0.3) is 62.4 Å². The summed E-state index contributed by atoms with van der Waals surface area (Å²) >= 11 is 4.49. The fourth-order valence-corrected chi connectivity index (χ4v) is 19.2. The minimum Gasteiger partial charge on any atom is -0.480 e. The summed E-state index contributed by atoms with van der Waals surface area (Å²) in [5.74, 6) is 1.16. The van der Waals surface area contributed by atoms with E-state index in [9.17, 15) is 56.3 Å². The fraction of sp³-hybridized carbons (Fsp3) is 0.376. The van der Waals surface area contributed by atoms with Crippen LogP contribution in [0.2, 0.25) is 0 Å². The number of carboxylic acids is 1. The van der Waals surface area contributed by atoms with Crippen molar-refractivity contribution in [2.45, 2.75) is 167 Å². The number of nitrogens with zero attached hydrogens (tertiary/aromatic N) is 10. The maximum Gasteiger partial charge on any atom is 0.323 e. The van der Waals surface area contributed by atoms with Crippen LogP contribution in [0, 0.1) is 35.2 Å². The Hall–Kier alpha value is -12.8. The van der Waals surface area contributed by atoms with Gasteiger partial charge in [0, 0.05) is 158 Å². The van der Waals surface area contributed by atoms with Gasteiger partial charge in [-0.05, 0) is 228 Å². The number of ketones is 5. The van der Waals surface area contributed by atoms with Gasteiger partial charge in [0.05, 0.1) is 68.9 Å². The van der Waals surface area contributed by atoms with Crippen LogP contribution in [0.1, 0.15) is 144 Å². The highest BCUT2D eigenvalue weighted by Crippen LogP contribution is 2.44. The molecule has 0 unspecified atom stereocenters. The first-order chi connectivity index (χ1) is 65.3. The maximum atomic E-state index is 15.0. The largest absolute Gasteiger partial charge is 0.480 e. The number of benzene rings is 3. The van der Waals surface area contributed by atoms with E-state index in [4.69, 9.17) is 40.0 Å². The van der Waals surface area contributed by atoms with Crippen LogP contribution in [0.15, 0.2) is 170 Å². The van der Waals surface area contributed by atoms with Gasteiger partial charge in [-0.15, -0.1) is 34.0 Å². The molecule has 6 aliphatic rings. The number of aliphatic carboxylic acids is 1. The van der Waals surface area contributed by atoms with Crippen molar-refractivity contribution in [2.24, 2.45) is 28.5 Å². The molecule has 702 valence electrons. The number of carbonyl (C=O) groups is 8. The number of nitrogens with two attached hydrogens (primary N) is 1. The molecule has 18 rings (SSSR count). The number of ether oxygens (including phenoxy) is 3. The molecule has 0 bridgehead atoms. The molecule has 34 heteroatoms. The molecular formula is C101H106F3N15O13S3. The number of hydrogen-bond acceptors (Lipinski definition) is 26. The molecule has 28 nitrogen and oxygen atoms in total. The number of carbonyl (C=O) groups excluding carboxylic acids is 8. The molecule has 7 N–H and O–H groups in total. The highest BCUT2D eigenvalue weighted by Gasteiger charge is 2.30. The van der Waals surface area contributed by atoms with E-state index in [1.54, 1.807) is 73.2 Å². The van der Waals surface area contributed by atoms with Crippen LogP contribution in [0.5, 0.6) is 34.5 Å². The number of likely N-dealkylation sites (tertiary alicyclic amines) is 3. The quantitative estimate of drug-likeness (QED) is 0.0159. The molecular weight excluding hydrogens is 1780 g/mol. The minimum absolute atomic E-state index is 0.00844. The number of thiophene rings is 3. The zero-order valence-electron chi connectivity index (χ0n) is 75.0. The third kappa shape index (κ3) is 29.1. The number of nitrogens with one attached hydrogen (secondary N) is 4.